The van der Waals surface area contributed by atoms with Crippen molar-refractivity contribution in [1.82, 2.24) is 5.43 Å². The third-order valence-electron chi connectivity index (χ3n) is 3.94. The first-order valence-electron chi connectivity index (χ1n) is 6.58. The van der Waals surface area contributed by atoms with Gasteiger partial charge in [0, 0.05) is 17.0 Å². The zero-order valence-electron chi connectivity index (χ0n) is 11.1. The Bertz CT molecular complexity index is 565. The van der Waals surface area contributed by atoms with E-state index in [1.165, 1.54) is 0 Å². The summed E-state index contributed by atoms with van der Waals surface area (Å²) in [4.78, 5) is 12.4. The van der Waals surface area contributed by atoms with E-state index in [0.717, 1.165) is 17.7 Å². The molecule has 1 aliphatic carbocycles. The molecule has 1 aromatic carbocycles. The van der Waals surface area contributed by atoms with Crippen LogP contribution in [0.15, 0.2) is 29.4 Å². The van der Waals surface area contributed by atoms with Crippen LogP contribution in [0.2, 0.25) is 5.02 Å². The van der Waals surface area contributed by atoms with Gasteiger partial charge in [0.05, 0.1) is 17.7 Å². The van der Waals surface area contributed by atoms with E-state index in [-0.39, 0.29) is 23.2 Å². The number of carbonyl (C=O) groups excluding carboxylic acids is 1. The van der Waals surface area contributed by atoms with Crippen molar-refractivity contribution in [3.8, 4) is 0 Å². The molecule has 1 fully saturated rings. The van der Waals surface area contributed by atoms with Crippen molar-refractivity contribution in [2.24, 2.45) is 16.4 Å². The molecule has 0 bridgehead atoms. The van der Waals surface area contributed by atoms with Crippen LogP contribution < -0.4 is 5.43 Å². The quantitative estimate of drug-likeness (QED) is 0.857. The smallest absolute Gasteiger partial charge is 0.144 e. The van der Waals surface area contributed by atoms with Gasteiger partial charge in [0.2, 0.25) is 0 Å². The SMILES string of the molecule is CC1(C)CC(=O)[C@H]2C(c3cccc(Cl)c3)=NN[C@H]2C1. The van der Waals surface area contributed by atoms with Gasteiger partial charge in [-0.1, -0.05) is 37.6 Å². The molecule has 1 heterocycles. The number of halogens is 1. The largest absolute Gasteiger partial charge is 0.306 e. The van der Waals surface area contributed by atoms with E-state index in [1.807, 2.05) is 24.3 Å². The second-order valence-electron chi connectivity index (χ2n) is 6.23. The summed E-state index contributed by atoms with van der Waals surface area (Å²) in [6.45, 7) is 4.28. The molecule has 3 nitrogen and oxygen atoms in total. The number of hydrogen-bond acceptors (Lipinski definition) is 3. The van der Waals surface area contributed by atoms with Gasteiger partial charge in [0.1, 0.15) is 5.78 Å². The molecule has 4 heteroatoms. The standard InChI is InChI=1S/C15H17ClN2O/c1-15(2)7-11-13(12(19)8-15)14(18-17-11)9-4-3-5-10(16)6-9/h3-6,11,13,17H,7-8H2,1-2H3/t11-,13-/m0/s1. The van der Waals surface area contributed by atoms with Crippen LogP contribution in [0.4, 0.5) is 0 Å². The summed E-state index contributed by atoms with van der Waals surface area (Å²) in [6.07, 6.45) is 1.59. The van der Waals surface area contributed by atoms with E-state index < -0.39 is 0 Å². The monoisotopic (exact) mass is 276 g/mol. The van der Waals surface area contributed by atoms with Crippen LogP contribution in [0.3, 0.4) is 0 Å². The normalized spacial score (nSPS) is 28.6. The Morgan fingerprint density at radius 1 is 1.42 bits per heavy atom. The van der Waals surface area contributed by atoms with Gasteiger partial charge in [-0.25, -0.2) is 0 Å². The number of carbonyl (C=O) groups is 1. The summed E-state index contributed by atoms with van der Waals surface area (Å²) < 4.78 is 0. The van der Waals surface area contributed by atoms with Crippen molar-refractivity contribution < 1.29 is 4.79 Å². The van der Waals surface area contributed by atoms with Crippen molar-refractivity contribution in [3.63, 3.8) is 0 Å². The van der Waals surface area contributed by atoms with E-state index in [1.54, 1.807) is 0 Å². The molecular weight excluding hydrogens is 260 g/mol. The average Bonchev–Trinajstić information content (AvgIpc) is 2.71. The Labute approximate surface area is 118 Å². The van der Waals surface area contributed by atoms with Crippen molar-refractivity contribution >= 4 is 23.1 Å². The number of hydrazone groups is 1. The lowest BCUT2D eigenvalue weighted by molar-refractivity contribution is -0.126. The second kappa shape index (κ2) is 4.34. The molecule has 3 rings (SSSR count). The minimum atomic E-state index is -0.119. The summed E-state index contributed by atoms with van der Waals surface area (Å²) in [5.74, 6) is 0.163. The fourth-order valence-corrected chi connectivity index (χ4v) is 3.36. The van der Waals surface area contributed by atoms with Crippen LogP contribution in [0.1, 0.15) is 32.3 Å². The Kier molecular flexibility index (Phi) is 2.90. The lowest BCUT2D eigenvalue weighted by Crippen LogP contribution is -2.45. The van der Waals surface area contributed by atoms with Gasteiger partial charge in [-0.05, 0) is 24.0 Å². The molecule has 0 amide bonds. The number of benzene rings is 1. The van der Waals surface area contributed by atoms with Crippen molar-refractivity contribution in [2.75, 3.05) is 0 Å². The summed E-state index contributed by atoms with van der Waals surface area (Å²) in [5, 5.41) is 5.07. The maximum absolute atomic E-state index is 12.4. The van der Waals surface area contributed by atoms with Gasteiger partial charge in [0.25, 0.3) is 0 Å². The zero-order chi connectivity index (χ0) is 13.6. The first-order valence-corrected chi connectivity index (χ1v) is 6.96. The predicted octanol–water partition coefficient (Wildman–Crippen LogP) is 3.02. The molecular formula is C15H17ClN2O. The van der Waals surface area contributed by atoms with Crippen LogP contribution in [0, 0.1) is 11.3 Å². The third kappa shape index (κ3) is 2.27. The number of Topliss-reactive ketones (excluding diaryl/α,β-unsaturated/α-hetero) is 1. The summed E-state index contributed by atoms with van der Waals surface area (Å²) in [5.41, 5.74) is 4.98. The Morgan fingerprint density at radius 2 is 2.21 bits per heavy atom. The summed E-state index contributed by atoms with van der Waals surface area (Å²) in [6, 6.07) is 7.69. The maximum atomic E-state index is 12.4. The summed E-state index contributed by atoms with van der Waals surface area (Å²) >= 11 is 6.02. The van der Waals surface area contributed by atoms with E-state index >= 15 is 0 Å². The van der Waals surface area contributed by atoms with Crippen LogP contribution in [0.25, 0.3) is 0 Å². The molecule has 100 valence electrons. The first kappa shape index (κ1) is 12.7. The molecule has 1 saturated carbocycles. The molecule has 2 atom stereocenters. The third-order valence-corrected chi connectivity index (χ3v) is 4.18. The maximum Gasteiger partial charge on any atom is 0.144 e. The fraction of sp³-hybridized carbons (Fsp3) is 0.467. The summed E-state index contributed by atoms with van der Waals surface area (Å²) in [7, 11) is 0. The molecule has 1 aliphatic heterocycles. The van der Waals surface area contributed by atoms with Gasteiger partial charge in [-0.15, -0.1) is 0 Å². The number of hydrogen-bond donors (Lipinski definition) is 1. The fourth-order valence-electron chi connectivity index (χ4n) is 3.17. The van der Waals surface area contributed by atoms with Gasteiger partial charge < -0.3 is 5.43 Å². The molecule has 0 aromatic heterocycles. The van der Waals surface area contributed by atoms with Crippen LogP contribution in [0.5, 0.6) is 0 Å². The highest BCUT2D eigenvalue weighted by molar-refractivity contribution is 6.31. The van der Waals surface area contributed by atoms with Gasteiger partial charge >= 0.3 is 0 Å². The van der Waals surface area contributed by atoms with Gasteiger partial charge in [-0.2, -0.15) is 5.10 Å². The first-order chi connectivity index (χ1) is 8.96. The number of nitrogens with zero attached hydrogens (tertiary/aromatic N) is 1. The van der Waals surface area contributed by atoms with E-state index in [0.29, 0.717) is 11.4 Å². The van der Waals surface area contributed by atoms with Crippen LogP contribution >= 0.6 is 11.6 Å². The lowest BCUT2D eigenvalue weighted by atomic mass is 9.68. The molecule has 0 unspecified atom stereocenters. The van der Waals surface area contributed by atoms with Crippen LogP contribution in [-0.4, -0.2) is 17.5 Å². The number of nitrogens with one attached hydrogen (secondary N) is 1. The molecule has 1 N–H and O–H groups in total. The Morgan fingerprint density at radius 3 is 2.95 bits per heavy atom. The van der Waals surface area contributed by atoms with Crippen molar-refractivity contribution in [1.29, 1.82) is 0 Å². The minimum Gasteiger partial charge on any atom is -0.306 e. The van der Waals surface area contributed by atoms with E-state index in [9.17, 15) is 4.79 Å². The second-order valence-corrected chi connectivity index (χ2v) is 6.67. The highest BCUT2D eigenvalue weighted by Crippen LogP contribution is 2.39. The Hall–Kier alpha value is -1.35. The molecule has 19 heavy (non-hydrogen) atoms. The van der Waals surface area contributed by atoms with Gasteiger partial charge in [-0.3, -0.25) is 4.79 Å². The highest BCUT2D eigenvalue weighted by atomic mass is 35.5. The number of rotatable bonds is 1. The molecule has 1 aromatic rings. The van der Waals surface area contributed by atoms with Gasteiger partial charge in [0.15, 0.2) is 0 Å². The molecule has 0 radical (unpaired) electrons. The predicted molar refractivity (Wildman–Crippen MR) is 76.4 cm³/mol. The number of fused-ring (bicyclic) bond motifs is 1. The van der Waals surface area contributed by atoms with Crippen molar-refractivity contribution in [2.45, 2.75) is 32.7 Å². The average molecular weight is 277 g/mol. The number of ketones is 1. The Balaban J connectivity index is 1.93. The molecule has 2 aliphatic rings. The van der Waals surface area contributed by atoms with E-state index in [2.05, 4.69) is 24.4 Å². The van der Waals surface area contributed by atoms with E-state index in [4.69, 9.17) is 11.6 Å². The molecule has 0 spiro atoms. The van der Waals surface area contributed by atoms with Crippen LogP contribution in [-0.2, 0) is 4.79 Å². The minimum absolute atomic E-state index is 0.0601. The zero-order valence-corrected chi connectivity index (χ0v) is 11.9. The highest BCUT2D eigenvalue weighted by Gasteiger charge is 2.46. The van der Waals surface area contributed by atoms with Crippen molar-refractivity contribution in [3.05, 3.63) is 34.9 Å². The lowest BCUT2D eigenvalue weighted by Gasteiger charge is -2.36. The molecule has 0 saturated heterocycles. The topological polar surface area (TPSA) is 41.5 Å².